The first-order chi connectivity index (χ1) is 9.58. The van der Waals surface area contributed by atoms with E-state index in [4.69, 9.17) is 5.11 Å². The Bertz CT molecular complexity index is 507. The first-order valence-electron chi connectivity index (χ1n) is 6.42. The standard InChI is InChI=1S/C14H16N2O4/c17-12(10-11-4-2-1-3-5-11)15-6-8-16(9-7-15)13(18)14(19)20/h1-5H,6-10H2,(H,19,20). The third kappa shape index (κ3) is 3.34. The van der Waals surface area contributed by atoms with Crippen molar-refractivity contribution in [2.45, 2.75) is 6.42 Å². The number of rotatable bonds is 2. The van der Waals surface area contributed by atoms with E-state index in [9.17, 15) is 14.4 Å². The molecule has 1 aliphatic heterocycles. The van der Waals surface area contributed by atoms with Crippen LogP contribution in [-0.2, 0) is 20.8 Å². The van der Waals surface area contributed by atoms with Crippen LogP contribution in [-0.4, -0.2) is 58.9 Å². The molecule has 20 heavy (non-hydrogen) atoms. The van der Waals surface area contributed by atoms with E-state index in [1.807, 2.05) is 30.3 Å². The van der Waals surface area contributed by atoms with Crippen LogP contribution in [0.5, 0.6) is 0 Å². The Kier molecular flexibility index (Phi) is 4.34. The minimum Gasteiger partial charge on any atom is -0.474 e. The van der Waals surface area contributed by atoms with Crippen molar-refractivity contribution in [3.8, 4) is 0 Å². The number of carbonyl (C=O) groups excluding carboxylic acids is 2. The molecule has 0 saturated carbocycles. The van der Waals surface area contributed by atoms with E-state index in [-0.39, 0.29) is 19.0 Å². The average molecular weight is 276 g/mol. The summed E-state index contributed by atoms with van der Waals surface area (Å²) < 4.78 is 0. The van der Waals surface area contributed by atoms with E-state index in [1.54, 1.807) is 4.90 Å². The van der Waals surface area contributed by atoms with Crippen LogP contribution in [0.3, 0.4) is 0 Å². The summed E-state index contributed by atoms with van der Waals surface area (Å²) in [6.07, 6.45) is 0.327. The fourth-order valence-corrected chi connectivity index (χ4v) is 2.18. The van der Waals surface area contributed by atoms with Crippen LogP contribution in [0.15, 0.2) is 30.3 Å². The fraction of sp³-hybridized carbons (Fsp3) is 0.357. The van der Waals surface area contributed by atoms with Crippen LogP contribution in [0, 0.1) is 0 Å². The van der Waals surface area contributed by atoms with Crippen molar-refractivity contribution < 1.29 is 19.5 Å². The van der Waals surface area contributed by atoms with E-state index >= 15 is 0 Å². The highest BCUT2D eigenvalue weighted by Crippen LogP contribution is 2.07. The molecule has 0 bridgehead atoms. The lowest BCUT2D eigenvalue weighted by molar-refractivity contribution is -0.157. The van der Waals surface area contributed by atoms with Gasteiger partial charge in [0.2, 0.25) is 5.91 Å². The van der Waals surface area contributed by atoms with Crippen LogP contribution in [0.1, 0.15) is 5.56 Å². The summed E-state index contributed by atoms with van der Waals surface area (Å²) >= 11 is 0. The molecule has 1 aromatic carbocycles. The Morgan fingerprint density at radius 3 is 2.05 bits per heavy atom. The molecule has 6 nitrogen and oxygen atoms in total. The monoisotopic (exact) mass is 276 g/mol. The third-order valence-electron chi connectivity index (χ3n) is 3.30. The van der Waals surface area contributed by atoms with Crippen molar-refractivity contribution in [2.75, 3.05) is 26.2 Å². The fourth-order valence-electron chi connectivity index (χ4n) is 2.18. The van der Waals surface area contributed by atoms with Gasteiger partial charge in [-0.25, -0.2) is 4.79 Å². The lowest BCUT2D eigenvalue weighted by atomic mass is 10.1. The molecule has 1 saturated heterocycles. The molecule has 1 heterocycles. The average Bonchev–Trinajstić information content (AvgIpc) is 2.47. The second-order valence-electron chi connectivity index (χ2n) is 4.64. The summed E-state index contributed by atoms with van der Waals surface area (Å²) in [5.41, 5.74) is 0.946. The Hall–Kier alpha value is -2.37. The van der Waals surface area contributed by atoms with Gasteiger partial charge in [0, 0.05) is 26.2 Å². The van der Waals surface area contributed by atoms with Gasteiger partial charge in [-0.05, 0) is 5.56 Å². The highest BCUT2D eigenvalue weighted by molar-refractivity contribution is 6.31. The van der Waals surface area contributed by atoms with E-state index in [0.717, 1.165) is 5.56 Å². The first kappa shape index (κ1) is 14.0. The molecule has 106 valence electrons. The van der Waals surface area contributed by atoms with Crippen molar-refractivity contribution in [1.82, 2.24) is 9.80 Å². The SMILES string of the molecule is O=C(O)C(=O)N1CCN(C(=O)Cc2ccccc2)CC1. The van der Waals surface area contributed by atoms with Crippen LogP contribution in [0.4, 0.5) is 0 Å². The van der Waals surface area contributed by atoms with Gasteiger partial charge in [-0.3, -0.25) is 9.59 Å². The molecule has 0 atom stereocenters. The van der Waals surface area contributed by atoms with E-state index in [1.165, 1.54) is 4.90 Å². The van der Waals surface area contributed by atoms with Gasteiger partial charge in [0.1, 0.15) is 0 Å². The predicted octanol–water partition coefficient (Wildman–Crippen LogP) is -0.0155. The highest BCUT2D eigenvalue weighted by Gasteiger charge is 2.27. The van der Waals surface area contributed by atoms with Gasteiger partial charge in [-0.1, -0.05) is 30.3 Å². The molecular formula is C14H16N2O4. The molecule has 1 fully saturated rings. The van der Waals surface area contributed by atoms with Gasteiger partial charge < -0.3 is 14.9 Å². The molecule has 1 aliphatic rings. The van der Waals surface area contributed by atoms with Crippen LogP contribution >= 0.6 is 0 Å². The maximum absolute atomic E-state index is 12.1. The molecule has 0 aromatic heterocycles. The summed E-state index contributed by atoms with van der Waals surface area (Å²) in [4.78, 5) is 36.9. The largest absolute Gasteiger partial charge is 0.474 e. The van der Waals surface area contributed by atoms with Gasteiger partial charge >= 0.3 is 11.9 Å². The maximum atomic E-state index is 12.1. The Morgan fingerprint density at radius 1 is 0.950 bits per heavy atom. The molecular weight excluding hydrogens is 260 g/mol. The number of carboxylic acid groups (broad SMARTS) is 1. The Labute approximate surface area is 116 Å². The van der Waals surface area contributed by atoms with Crippen molar-refractivity contribution >= 4 is 17.8 Å². The zero-order valence-corrected chi connectivity index (χ0v) is 11.0. The summed E-state index contributed by atoms with van der Waals surface area (Å²) in [6, 6.07) is 9.44. The number of benzene rings is 1. The van der Waals surface area contributed by atoms with Gasteiger partial charge in [-0.2, -0.15) is 0 Å². The summed E-state index contributed by atoms with van der Waals surface area (Å²) in [6.45, 7) is 1.30. The number of amides is 2. The topological polar surface area (TPSA) is 77.9 Å². The normalized spacial score (nSPS) is 15.0. The molecule has 1 N–H and O–H groups in total. The number of hydrogen-bond acceptors (Lipinski definition) is 3. The Balaban J connectivity index is 1.86. The minimum atomic E-state index is -1.45. The second-order valence-corrected chi connectivity index (χ2v) is 4.64. The van der Waals surface area contributed by atoms with Crippen molar-refractivity contribution in [2.24, 2.45) is 0 Å². The lowest BCUT2D eigenvalue weighted by Gasteiger charge is -2.33. The molecule has 1 aromatic rings. The quantitative estimate of drug-likeness (QED) is 0.770. The summed E-state index contributed by atoms with van der Waals surface area (Å²) in [5.74, 6) is -2.35. The van der Waals surface area contributed by atoms with Gasteiger partial charge in [0.15, 0.2) is 0 Å². The Morgan fingerprint density at radius 2 is 1.50 bits per heavy atom. The molecule has 0 spiro atoms. The molecule has 2 rings (SSSR count). The van der Waals surface area contributed by atoms with Gasteiger partial charge in [-0.15, -0.1) is 0 Å². The zero-order valence-electron chi connectivity index (χ0n) is 11.0. The molecule has 0 unspecified atom stereocenters. The number of carboxylic acids is 1. The number of aliphatic carboxylic acids is 1. The first-order valence-corrected chi connectivity index (χ1v) is 6.42. The van der Waals surface area contributed by atoms with Crippen molar-refractivity contribution in [3.63, 3.8) is 0 Å². The molecule has 2 amide bonds. The number of carbonyl (C=O) groups is 3. The lowest BCUT2D eigenvalue weighted by Crippen LogP contribution is -2.52. The smallest absolute Gasteiger partial charge is 0.394 e. The zero-order chi connectivity index (χ0) is 14.5. The van der Waals surface area contributed by atoms with E-state index in [0.29, 0.717) is 19.5 Å². The van der Waals surface area contributed by atoms with Gasteiger partial charge in [0.25, 0.3) is 0 Å². The van der Waals surface area contributed by atoms with Crippen molar-refractivity contribution in [1.29, 1.82) is 0 Å². The van der Waals surface area contributed by atoms with Crippen LogP contribution in [0.25, 0.3) is 0 Å². The molecule has 0 radical (unpaired) electrons. The van der Waals surface area contributed by atoms with E-state index in [2.05, 4.69) is 0 Å². The molecule has 6 heteroatoms. The number of hydrogen-bond donors (Lipinski definition) is 1. The third-order valence-corrected chi connectivity index (χ3v) is 3.30. The predicted molar refractivity (Wildman–Crippen MR) is 70.9 cm³/mol. The van der Waals surface area contributed by atoms with E-state index < -0.39 is 11.9 Å². The molecule has 0 aliphatic carbocycles. The highest BCUT2D eigenvalue weighted by atomic mass is 16.4. The summed E-state index contributed by atoms with van der Waals surface area (Å²) in [7, 11) is 0. The van der Waals surface area contributed by atoms with Gasteiger partial charge in [0.05, 0.1) is 6.42 Å². The van der Waals surface area contributed by atoms with Crippen molar-refractivity contribution in [3.05, 3.63) is 35.9 Å². The van der Waals surface area contributed by atoms with Crippen LogP contribution < -0.4 is 0 Å². The minimum absolute atomic E-state index is 0.00127. The number of nitrogens with zero attached hydrogens (tertiary/aromatic N) is 2. The maximum Gasteiger partial charge on any atom is 0.394 e. The van der Waals surface area contributed by atoms with Crippen LogP contribution in [0.2, 0.25) is 0 Å². The second kappa shape index (κ2) is 6.18. The summed E-state index contributed by atoms with van der Waals surface area (Å²) in [5, 5.41) is 8.63. The number of piperazine rings is 1.